The third-order valence-corrected chi connectivity index (χ3v) is 8.91. The van der Waals surface area contributed by atoms with Gasteiger partial charge in [0.1, 0.15) is 0 Å². The number of hydrogen-bond donors (Lipinski definition) is 2. The Morgan fingerprint density at radius 2 is 1.62 bits per heavy atom. The molecule has 210 valence electrons. The number of likely N-dealkylation sites (tertiary alicyclic amines) is 1. The topological polar surface area (TPSA) is 75.2 Å². The fraction of sp³-hybridized carbons (Fsp3) is 0.562. The number of benzene rings is 2. The zero-order valence-electron chi connectivity index (χ0n) is 23.9. The third kappa shape index (κ3) is 6.57. The molecule has 3 aliphatic rings. The lowest BCUT2D eigenvalue weighted by Gasteiger charge is -2.36. The standard InChI is InChI=1S/C32H47N7/c1-3-4-18-37-30(20-27-14-9-6-10-15-27)24-38(32(37)34)25(2)22-36-17-11-16-28(36)23-39-29(21-35-31(39)33)19-26-12-7-5-8-13-26/h5-10,12-15,25,28-30,34H,3-4,11,16-24H2,1-2H3,(H2,33,35). The Bertz CT molecular complexity index is 1090. The van der Waals surface area contributed by atoms with Crippen LogP contribution >= 0.6 is 0 Å². The molecule has 7 nitrogen and oxygen atoms in total. The monoisotopic (exact) mass is 529 g/mol. The number of hydrogen-bond acceptors (Lipinski definition) is 5. The average molecular weight is 530 g/mol. The third-order valence-electron chi connectivity index (χ3n) is 8.91. The predicted molar refractivity (Wildman–Crippen MR) is 161 cm³/mol. The van der Waals surface area contributed by atoms with Crippen molar-refractivity contribution < 1.29 is 0 Å². The van der Waals surface area contributed by atoms with Gasteiger partial charge in [-0.25, -0.2) is 0 Å². The van der Waals surface area contributed by atoms with Crippen molar-refractivity contribution in [1.29, 1.82) is 5.41 Å². The van der Waals surface area contributed by atoms with E-state index < -0.39 is 0 Å². The zero-order valence-corrected chi connectivity index (χ0v) is 23.9. The lowest BCUT2D eigenvalue weighted by molar-refractivity contribution is 0.163. The normalized spacial score (nSPS) is 24.6. The van der Waals surface area contributed by atoms with Gasteiger partial charge in [0.05, 0.1) is 18.6 Å². The number of aliphatic imine (C=N–C) groups is 1. The average Bonchev–Trinajstić information content (AvgIpc) is 3.62. The molecule has 0 radical (unpaired) electrons. The summed E-state index contributed by atoms with van der Waals surface area (Å²) in [5.41, 5.74) is 9.12. The van der Waals surface area contributed by atoms with E-state index in [-0.39, 0.29) is 0 Å². The first-order valence-electron chi connectivity index (χ1n) is 15.0. The largest absolute Gasteiger partial charge is 0.370 e. The second kappa shape index (κ2) is 12.9. The molecule has 0 aromatic heterocycles. The van der Waals surface area contributed by atoms with Crippen molar-refractivity contribution in [3.05, 3.63) is 71.8 Å². The van der Waals surface area contributed by atoms with E-state index >= 15 is 0 Å². The molecule has 0 spiro atoms. The van der Waals surface area contributed by atoms with Gasteiger partial charge in [-0.2, -0.15) is 0 Å². The van der Waals surface area contributed by atoms with Crippen LogP contribution in [0.25, 0.3) is 0 Å². The van der Waals surface area contributed by atoms with Crippen molar-refractivity contribution >= 4 is 11.9 Å². The number of guanidine groups is 2. The number of nitrogens with one attached hydrogen (secondary N) is 1. The Balaban J connectivity index is 1.21. The minimum atomic E-state index is 0.299. The molecule has 2 fully saturated rings. The first kappa shape index (κ1) is 27.5. The maximum Gasteiger partial charge on any atom is 0.194 e. The van der Waals surface area contributed by atoms with Gasteiger partial charge in [-0.05, 0) is 56.7 Å². The Morgan fingerprint density at radius 3 is 2.28 bits per heavy atom. The first-order valence-corrected chi connectivity index (χ1v) is 15.0. The van der Waals surface area contributed by atoms with Crippen LogP contribution in [0.2, 0.25) is 0 Å². The van der Waals surface area contributed by atoms with Crippen molar-refractivity contribution in [1.82, 2.24) is 19.6 Å². The van der Waals surface area contributed by atoms with Crippen LogP contribution in [-0.4, -0.2) is 95.0 Å². The van der Waals surface area contributed by atoms with Crippen LogP contribution in [0.1, 0.15) is 50.7 Å². The Hall–Kier alpha value is -3.06. The summed E-state index contributed by atoms with van der Waals surface area (Å²) < 4.78 is 0. The van der Waals surface area contributed by atoms with Crippen LogP contribution in [0.3, 0.4) is 0 Å². The highest BCUT2D eigenvalue weighted by atomic mass is 15.5. The summed E-state index contributed by atoms with van der Waals surface area (Å²) in [6, 6.07) is 23.0. The first-order chi connectivity index (χ1) is 19.0. The fourth-order valence-corrected chi connectivity index (χ4v) is 6.70. The zero-order chi connectivity index (χ0) is 27.2. The number of unbranched alkanes of at least 4 members (excludes halogenated alkanes) is 1. The molecule has 0 saturated carbocycles. The fourth-order valence-electron chi connectivity index (χ4n) is 6.70. The number of nitrogens with zero attached hydrogens (tertiary/aromatic N) is 5. The molecule has 2 aromatic carbocycles. The van der Waals surface area contributed by atoms with Gasteiger partial charge >= 0.3 is 0 Å². The van der Waals surface area contributed by atoms with Crippen LogP contribution in [0.5, 0.6) is 0 Å². The quantitative estimate of drug-likeness (QED) is 0.434. The molecule has 3 heterocycles. The Labute approximate surface area is 235 Å². The summed E-state index contributed by atoms with van der Waals surface area (Å²) in [4.78, 5) is 14.4. The molecule has 39 heavy (non-hydrogen) atoms. The van der Waals surface area contributed by atoms with Crippen molar-refractivity contribution in [2.45, 2.75) is 76.5 Å². The summed E-state index contributed by atoms with van der Waals surface area (Å²) in [6.45, 7) is 10.3. The maximum atomic E-state index is 9.13. The van der Waals surface area contributed by atoms with E-state index in [0.29, 0.717) is 36.1 Å². The summed E-state index contributed by atoms with van der Waals surface area (Å²) in [6.07, 6.45) is 6.69. The van der Waals surface area contributed by atoms with Crippen molar-refractivity contribution in [3.8, 4) is 0 Å². The van der Waals surface area contributed by atoms with Crippen LogP contribution < -0.4 is 5.73 Å². The molecule has 0 bridgehead atoms. The second-order valence-corrected chi connectivity index (χ2v) is 11.7. The van der Waals surface area contributed by atoms with E-state index in [9.17, 15) is 0 Å². The van der Waals surface area contributed by atoms with E-state index in [2.05, 4.69) is 99.1 Å². The molecule has 4 unspecified atom stereocenters. The van der Waals surface area contributed by atoms with Crippen LogP contribution in [0.15, 0.2) is 65.7 Å². The van der Waals surface area contributed by atoms with Gasteiger partial charge in [-0.1, -0.05) is 74.0 Å². The Morgan fingerprint density at radius 1 is 0.949 bits per heavy atom. The van der Waals surface area contributed by atoms with Gasteiger partial charge in [0, 0.05) is 38.3 Å². The van der Waals surface area contributed by atoms with E-state index in [1.54, 1.807) is 0 Å². The van der Waals surface area contributed by atoms with Gasteiger partial charge in [-0.3, -0.25) is 15.3 Å². The van der Waals surface area contributed by atoms with Gasteiger partial charge in [-0.15, -0.1) is 0 Å². The molecular weight excluding hydrogens is 482 g/mol. The maximum absolute atomic E-state index is 9.13. The van der Waals surface area contributed by atoms with E-state index in [4.69, 9.17) is 11.1 Å². The van der Waals surface area contributed by atoms with E-state index in [1.165, 1.54) is 24.0 Å². The summed E-state index contributed by atoms with van der Waals surface area (Å²) >= 11 is 0. The smallest absolute Gasteiger partial charge is 0.194 e. The van der Waals surface area contributed by atoms with Crippen LogP contribution in [-0.2, 0) is 12.8 Å². The molecule has 4 atom stereocenters. The van der Waals surface area contributed by atoms with Crippen molar-refractivity contribution in [2.24, 2.45) is 10.7 Å². The molecular formula is C32H47N7. The van der Waals surface area contributed by atoms with E-state index in [0.717, 1.165) is 65.0 Å². The summed E-state index contributed by atoms with van der Waals surface area (Å²) in [5, 5.41) is 9.13. The van der Waals surface area contributed by atoms with E-state index in [1.807, 2.05) is 0 Å². The van der Waals surface area contributed by atoms with Crippen LogP contribution in [0.4, 0.5) is 0 Å². The molecule has 3 N–H and O–H groups in total. The molecule has 3 aliphatic heterocycles. The van der Waals surface area contributed by atoms with Crippen molar-refractivity contribution in [2.75, 3.05) is 39.3 Å². The van der Waals surface area contributed by atoms with Gasteiger partial charge in [0.15, 0.2) is 11.9 Å². The minimum absolute atomic E-state index is 0.299. The molecule has 5 rings (SSSR count). The van der Waals surface area contributed by atoms with Gasteiger partial charge in [0.25, 0.3) is 0 Å². The highest BCUT2D eigenvalue weighted by molar-refractivity contribution is 5.80. The van der Waals surface area contributed by atoms with Gasteiger partial charge in [0.2, 0.25) is 0 Å². The molecule has 7 heteroatoms. The summed E-state index contributed by atoms with van der Waals surface area (Å²) in [5.74, 6) is 1.42. The highest BCUT2D eigenvalue weighted by Gasteiger charge is 2.39. The van der Waals surface area contributed by atoms with Crippen LogP contribution in [0, 0.1) is 5.41 Å². The number of rotatable bonds is 12. The minimum Gasteiger partial charge on any atom is -0.370 e. The highest BCUT2D eigenvalue weighted by Crippen LogP contribution is 2.26. The van der Waals surface area contributed by atoms with Crippen molar-refractivity contribution in [3.63, 3.8) is 0 Å². The molecule has 2 aromatic rings. The molecule has 0 aliphatic carbocycles. The lowest BCUT2D eigenvalue weighted by Crippen LogP contribution is -2.51. The SMILES string of the molecule is CCCCN1C(=N)N(C(C)CN2CCCC2CN2C(N)=NCC2Cc2ccccc2)CC1Cc1ccccc1. The van der Waals surface area contributed by atoms with Gasteiger partial charge < -0.3 is 20.4 Å². The Kier molecular flexibility index (Phi) is 9.07. The molecule has 0 amide bonds. The summed E-state index contributed by atoms with van der Waals surface area (Å²) in [7, 11) is 0. The predicted octanol–water partition coefficient (Wildman–Crippen LogP) is 4.04. The molecule has 2 saturated heterocycles. The second-order valence-electron chi connectivity index (χ2n) is 11.7. The lowest BCUT2D eigenvalue weighted by atomic mass is 10.0. The number of nitrogens with two attached hydrogens (primary N) is 1.